The lowest BCUT2D eigenvalue weighted by Crippen LogP contribution is -2.50. The molecule has 0 atom stereocenters. The third-order valence-electron chi connectivity index (χ3n) is 4.91. The Morgan fingerprint density at radius 2 is 1.70 bits per heavy atom. The molecule has 162 valence electrons. The van der Waals surface area contributed by atoms with Gasteiger partial charge in [0.05, 0.1) is 20.0 Å². The van der Waals surface area contributed by atoms with E-state index in [9.17, 15) is 13.2 Å². The number of carbonyl (C=O) groups is 1. The van der Waals surface area contributed by atoms with Gasteiger partial charge in [0.15, 0.2) is 0 Å². The van der Waals surface area contributed by atoms with Crippen LogP contribution in [0.3, 0.4) is 0 Å². The highest BCUT2D eigenvalue weighted by molar-refractivity contribution is 7.89. The van der Waals surface area contributed by atoms with Gasteiger partial charge in [-0.15, -0.1) is 0 Å². The number of rotatable bonds is 8. The van der Waals surface area contributed by atoms with Crippen molar-refractivity contribution < 1.29 is 22.7 Å². The molecule has 0 spiro atoms. The van der Waals surface area contributed by atoms with Crippen LogP contribution in [0.1, 0.15) is 10.4 Å². The van der Waals surface area contributed by atoms with Crippen LogP contribution in [0.5, 0.6) is 11.5 Å². The quantitative estimate of drug-likeness (QED) is 0.661. The van der Waals surface area contributed by atoms with Crippen LogP contribution in [0.2, 0.25) is 0 Å². The van der Waals surface area contributed by atoms with E-state index < -0.39 is 15.9 Å². The third-order valence-corrected chi connectivity index (χ3v) is 6.78. The predicted octanol–water partition coefficient (Wildman–Crippen LogP) is 0.981. The number of aromatic nitrogens is 1. The number of carbonyl (C=O) groups excluding carboxylic acids is 1. The lowest BCUT2D eigenvalue weighted by Gasteiger charge is -2.34. The zero-order valence-corrected chi connectivity index (χ0v) is 17.9. The van der Waals surface area contributed by atoms with Crippen molar-refractivity contribution >= 4 is 21.7 Å². The van der Waals surface area contributed by atoms with Crippen molar-refractivity contribution in [2.24, 2.45) is 0 Å². The van der Waals surface area contributed by atoms with Crippen LogP contribution >= 0.6 is 0 Å². The number of hydrogen-bond acceptors (Lipinski definition) is 7. The minimum Gasteiger partial charge on any atom is -0.496 e. The number of pyridine rings is 1. The van der Waals surface area contributed by atoms with Gasteiger partial charge in [0, 0.05) is 38.9 Å². The minimum absolute atomic E-state index is 0.0111. The number of amides is 1. The van der Waals surface area contributed by atoms with E-state index in [1.807, 2.05) is 18.2 Å². The first kappa shape index (κ1) is 21.8. The number of methoxy groups -OCH3 is 2. The van der Waals surface area contributed by atoms with Gasteiger partial charge in [0.2, 0.25) is 10.0 Å². The van der Waals surface area contributed by atoms with Crippen molar-refractivity contribution in [1.29, 1.82) is 0 Å². The maximum Gasteiger partial charge on any atom is 0.258 e. The number of nitrogens with zero attached hydrogens (tertiary/aromatic N) is 3. The fourth-order valence-corrected chi connectivity index (χ4v) is 4.66. The van der Waals surface area contributed by atoms with Gasteiger partial charge in [0.25, 0.3) is 5.91 Å². The molecule has 0 aliphatic carbocycles. The van der Waals surface area contributed by atoms with E-state index in [2.05, 4.69) is 15.2 Å². The topological polar surface area (TPSA) is 101 Å². The Morgan fingerprint density at radius 3 is 2.27 bits per heavy atom. The van der Waals surface area contributed by atoms with Crippen LogP contribution in [0.25, 0.3) is 0 Å². The molecule has 30 heavy (non-hydrogen) atoms. The van der Waals surface area contributed by atoms with E-state index in [4.69, 9.17) is 9.47 Å². The molecule has 1 saturated heterocycles. The van der Waals surface area contributed by atoms with Crippen LogP contribution in [0.4, 0.5) is 5.82 Å². The molecule has 0 unspecified atom stereocenters. The molecule has 3 rings (SSSR count). The number of piperazine rings is 1. The zero-order chi connectivity index (χ0) is 21.6. The Bertz CT molecular complexity index is 938. The lowest BCUT2D eigenvalue weighted by atomic mass is 10.1. The Balaban J connectivity index is 1.54. The number of anilines is 1. The van der Waals surface area contributed by atoms with E-state index in [1.165, 1.54) is 18.5 Å². The number of nitrogens with one attached hydrogen (secondary N) is 1. The van der Waals surface area contributed by atoms with Crippen LogP contribution in [-0.2, 0) is 10.0 Å². The highest BCUT2D eigenvalue weighted by atomic mass is 32.2. The molecule has 2 heterocycles. The highest BCUT2D eigenvalue weighted by Gasteiger charge is 2.27. The summed E-state index contributed by atoms with van der Waals surface area (Å²) in [7, 11) is -0.571. The summed E-state index contributed by atoms with van der Waals surface area (Å²) < 4.78 is 37.3. The van der Waals surface area contributed by atoms with E-state index in [-0.39, 0.29) is 17.9 Å². The smallest absolute Gasteiger partial charge is 0.258 e. The van der Waals surface area contributed by atoms with E-state index >= 15 is 0 Å². The summed E-state index contributed by atoms with van der Waals surface area (Å²) in [6, 6.07) is 10.7. The molecule has 0 radical (unpaired) electrons. The maximum atomic E-state index is 12.7. The number of ether oxygens (including phenoxy) is 2. The first-order valence-electron chi connectivity index (χ1n) is 9.59. The van der Waals surface area contributed by atoms with Crippen LogP contribution < -0.4 is 19.7 Å². The zero-order valence-electron chi connectivity index (χ0n) is 17.1. The molecule has 1 amide bonds. The summed E-state index contributed by atoms with van der Waals surface area (Å²) in [5.74, 6) is 0.938. The summed E-state index contributed by atoms with van der Waals surface area (Å²) >= 11 is 0. The SMILES string of the molecule is COc1cccc(OC)c1C(=O)NCCS(=O)(=O)N1CCN(c2ccccn2)CC1. The number of hydrogen-bond donors (Lipinski definition) is 1. The molecule has 1 aliphatic heterocycles. The summed E-state index contributed by atoms with van der Waals surface area (Å²) in [4.78, 5) is 18.9. The van der Waals surface area contributed by atoms with Crippen molar-refractivity contribution in [3.63, 3.8) is 0 Å². The molecule has 1 aromatic carbocycles. The molecular weight excluding hydrogens is 408 g/mol. The summed E-state index contributed by atoms with van der Waals surface area (Å²) in [5.41, 5.74) is 0.240. The average Bonchev–Trinajstić information content (AvgIpc) is 2.78. The van der Waals surface area contributed by atoms with Crippen molar-refractivity contribution in [1.82, 2.24) is 14.6 Å². The van der Waals surface area contributed by atoms with Crippen LogP contribution in [-0.4, -0.2) is 76.3 Å². The van der Waals surface area contributed by atoms with Crippen LogP contribution in [0.15, 0.2) is 42.6 Å². The monoisotopic (exact) mass is 434 g/mol. The van der Waals surface area contributed by atoms with Gasteiger partial charge in [-0.05, 0) is 24.3 Å². The van der Waals surface area contributed by atoms with E-state index in [1.54, 1.807) is 24.4 Å². The molecule has 0 saturated carbocycles. The Labute approximate surface area is 176 Å². The highest BCUT2D eigenvalue weighted by Crippen LogP contribution is 2.27. The lowest BCUT2D eigenvalue weighted by molar-refractivity contribution is 0.0950. The first-order valence-corrected chi connectivity index (χ1v) is 11.2. The second-order valence-electron chi connectivity index (χ2n) is 6.68. The molecular formula is C20H26N4O5S. The Hall–Kier alpha value is -2.85. The Morgan fingerprint density at radius 1 is 1.03 bits per heavy atom. The van der Waals surface area contributed by atoms with Gasteiger partial charge in [-0.3, -0.25) is 4.79 Å². The predicted molar refractivity (Wildman–Crippen MR) is 114 cm³/mol. The molecule has 9 nitrogen and oxygen atoms in total. The summed E-state index contributed by atoms with van der Waals surface area (Å²) in [6.45, 7) is 1.89. The maximum absolute atomic E-state index is 12.7. The van der Waals surface area contributed by atoms with Crippen LogP contribution in [0, 0.1) is 0 Å². The van der Waals surface area contributed by atoms with Gasteiger partial charge in [-0.25, -0.2) is 13.4 Å². The fourth-order valence-electron chi connectivity index (χ4n) is 3.32. The normalized spacial score (nSPS) is 14.9. The van der Waals surface area contributed by atoms with Gasteiger partial charge in [0.1, 0.15) is 22.9 Å². The number of sulfonamides is 1. The fraction of sp³-hybridized carbons (Fsp3) is 0.400. The largest absolute Gasteiger partial charge is 0.496 e. The third kappa shape index (κ3) is 5.00. The Kier molecular flexibility index (Phi) is 7.11. The van der Waals surface area contributed by atoms with Crippen molar-refractivity contribution in [2.75, 3.05) is 57.6 Å². The molecule has 1 fully saturated rings. The van der Waals surface area contributed by atoms with E-state index in [0.717, 1.165) is 5.82 Å². The molecule has 1 aromatic heterocycles. The standard InChI is InChI=1S/C20H26N4O5S/c1-28-16-6-5-7-17(29-2)19(16)20(25)22-10-15-30(26,27)24-13-11-23(12-14-24)18-8-3-4-9-21-18/h3-9H,10-15H2,1-2H3,(H,22,25). The summed E-state index contributed by atoms with van der Waals surface area (Å²) in [5, 5.41) is 2.65. The first-order chi connectivity index (χ1) is 14.5. The molecule has 2 aromatic rings. The van der Waals surface area contributed by atoms with Crippen molar-refractivity contribution in [3.05, 3.63) is 48.2 Å². The average molecular weight is 435 g/mol. The van der Waals surface area contributed by atoms with E-state index in [0.29, 0.717) is 37.7 Å². The second-order valence-corrected chi connectivity index (χ2v) is 8.77. The van der Waals surface area contributed by atoms with Gasteiger partial charge in [-0.2, -0.15) is 4.31 Å². The molecule has 10 heteroatoms. The minimum atomic E-state index is -3.49. The molecule has 1 aliphatic rings. The van der Waals surface area contributed by atoms with Gasteiger partial charge < -0.3 is 19.7 Å². The van der Waals surface area contributed by atoms with Gasteiger partial charge in [-0.1, -0.05) is 12.1 Å². The van der Waals surface area contributed by atoms with Crippen molar-refractivity contribution in [3.8, 4) is 11.5 Å². The molecule has 0 bridgehead atoms. The van der Waals surface area contributed by atoms with Gasteiger partial charge >= 0.3 is 0 Å². The summed E-state index contributed by atoms with van der Waals surface area (Å²) in [6.07, 6.45) is 1.72. The number of benzene rings is 1. The van der Waals surface area contributed by atoms with Crippen molar-refractivity contribution in [2.45, 2.75) is 0 Å². The second kappa shape index (κ2) is 9.77. The molecule has 1 N–H and O–H groups in total.